The summed E-state index contributed by atoms with van der Waals surface area (Å²) in [5, 5.41) is 9.63. The first kappa shape index (κ1) is 34.1. The van der Waals surface area contributed by atoms with E-state index in [1.165, 1.54) is 24.3 Å². The van der Waals surface area contributed by atoms with Crippen molar-refractivity contribution in [1.29, 1.82) is 0 Å². The van der Waals surface area contributed by atoms with Crippen LogP contribution >= 0.6 is 0 Å². The first-order chi connectivity index (χ1) is 20.9. The SMILES string of the molecule is CC(C)C1NC(=O)C(CCCCN)NC(=O)COc2ccc(cc2)CC(C(=O)C(F)(F)C(=O)NCc2ccccc2)NC1=O. The zero-order valence-corrected chi connectivity index (χ0v) is 24.7. The van der Waals surface area contributed by atoms with Crippen LogP contribution in [-0.4, -0.2) is 66.6 Å². The lowest BCUT2D eigenvalue weighted by atomic mass is 9.96. The van der Waals surface area contributed by atoms with Crippen LogP contribution in [0.25, 0.3) is 0 Å². The molecule has 3 unspecified atom stereocenters. The number of benzene rings is 2. The zero-order valence-electron chi connectivity index (χ0n) is 24.7. The number of rotatable bonds is 10. The van der Waals surface area contributed by atoms with E-state index in [-0.39, 0.29) is 25.1 Å². The van der Waals surface area contributed by atoms with Gasteiger partial charge in [-0.1, -0.05) is 56.3 Å². The number of hydrogen-bond acceptors (Lipinski definition) is 7. The summed E-state index contributed by atoms with van der Waals surface area (Å²) < 4.78 is 36.1. The number of nitrogens with two attached hydrogens (primary N) is 1. The standard InChI is InChI=1S/C31H39F2N5O6/c1-19(2)26-29(42)37-24(27(40)31(32,33)30(43)35-17-21-8-4-3-5-9-21)16-20-11-13-22(14-12-20)44-18-25(39)36-23(28(41)38-26)10-6-7-15-34/h3-5,8-9,11-14,19,23-24,26H,6-7,10,15-18,34H2,1-2H3,(H,35,43)(H,36,39)(H,37,42)(H,38,41). The van der Waals surface area contributed by atoms with Gasteiger partial charge in [0.25, 0.3) is 11.8 Å². The number of alkyl halides is 2. The predicted molar refractivity (Wildman–Crippen MR) is 157 cm³/mol. The molecule has 2 aliphatic rings. The molecule has 2 aromatic rings. The minimum Gasteiger partial charge on any atom is -0.484 e. The van der Waals surface area contributed by atoms with Crippen molar-refractivity contribution in [2.45, 2.75) is 70.1 Å². The topological polar surface area (TPSA) is 169 Å². The lowest BCUT2D eigenvalue weighted by Crippen LogP contribution is -2.60. The van der Waals surface area contributed by atoms with Crippen molar-refractivity contribution in [3.05, 3.63) is 65.7 Å². The fourth-order valence-electron chi connectivity index (χ4n) is 4.58. The van der Waals surface area contributed by atoms with E-state index < -0.39 is 66.0 Å². The van der Waals surface area contributed by atoms with Crippen molar-refractivity contribution in [1.82, 2.24) is 21.3 Å². The molecule has 11 nitrogen and oxygen atoms in total. The summed E-state index contributed by atoms with van der Waals surface area (Å²) >= 11 is 0. The predicted octanol–water partition coefficient (Wildman–Crippen LogP) is 1.38. The Morgan fingerprint density at radius 3 is 2.30 bits per heavy atom. The summed E-state index contributed by atoms with van der Waals surface area (Å²) in [6, 6.07) is 10.2. The van der Waals surface area contributed by atoms with Crippen LogP contribution in [0.5, 0.6) is 5.75 Å². The normalized spacial score (nSPS) is 19.9. The Hall–Kier alpha value is -4.39. The van der Waals surface area contributed by atoms with Crippen LogP contribution in [0, 0.1) is 5.92 Å². The van der Waals surface area contributed by atoms with E-state index in [0.717, 1.165) is 0 Å². The minimum atomic E-state index is -4.48. The van der Waals surface area contributed by atoms with Crippen molar-refractivity contribution in [3.8, 4) is 5.75 Å². The molecule has 4 amide bonds. The second kappa shape index (κ2) is 15.9. The van der Waals surface area contributed by atoms with Crippen LogP contribution in [0.1, 0.15) is 44.2 Å². The highest BCUT2D eigenvalue weighted by Gasteiger charge is 2.50. The van der Waals surface area contributed by atoms with Crippen LogP contribution in [0.15, 0.2) is 54.6 Å². The maximum Gasteiger partial charge on any atom is 0.383 e. The highest BCUT2D eigenvalue weighted by Crippen LogP contribution is 2.22. The number of hydrogen-bond donors (Lipinski definition) is 5. The molecular weight excluding hydrogens is 576 g/mol. The first-order valence-corrected chi connectivity index (χ1v) is 14.5. The molecule has 44 heavy (non-hydrogen) atoms. The Kier molecular flexibility index (Phi) is 12.3. The summed E-state index contributed by atoms with van der Waals surface area (Å²) in [6.07, 6.45) is 0.940. The number of ether oxygens (including phenoxy) is 1. The smallest absolute Gasteiger partial charge is 0.383 e. The summed E-state index contributed by atoms with van der Waals surface area (Å²) in [5.74, 6) is -10.5. The maximum atomic E-state index is 15.3. The molecule has 0 aromatic heterocycles. The van der Waals surface area contributed by atoms with Crippen LogP contribution < -0.4 is 31.7 Å². The van der Waals surface area contributed by atoms with E-state index in [9.17, 15) is 24.0 Å². The number of carbonyl (C=O) groups is 5. The molecule has 238 valence electrons. The van der Waals surface area contributed by atoms with Gasteiger partial charge in [0, 0.05) is 13.0 Å². The van der Waals surface area contributed by atoms with Gasteiger partial charge >= 0.3 is 5.92 Å². The molecule has 4 rings (SSSR count). The van der Waals surface area contributed by atoms with Gasteiger partial charge in [0.2, 0.25) is 17.6 Å². The van der Waals surface area contributed by atoms with Crippen molar-refractivity contribution < 1.29 is 37.5 Å². The quantitative estimate of drug-likeness (QED) is 0.153. The second-order valence-electron chi connectivity index (χ2n) is 10.9. The van der Waals surface area contributed by atoms with Gasteiger partial charge in [-0.05, 0) is 55.0 Å². The van der Waals surface area contributed by atoms with E-state index >= 15 is 8.78 Å². The number of halogens is 2. The van der Waals surface area contributed by atoms with Gasteiger partial charge in [-0.2, -0.15) is 8.78 Å². The molecular formula is C31H39F2N5O6. The lowest BCUT2D eigenvalue weighted by Gasteiger charge is -2.28. The Labute approximate surface area is 254 Å². The van der Waals surface area contributed by atoms with Crippen LogP contribution in [0.4, 0.5) is 8.78 Å². The Balaban J connectivity index is 1.90. The molecule has 2 aliphatic heterocycles. The molecule has 0 aliphatic carbocycles. The summed E-state index contributed by atoms with van der Waals surface area (Å²) in [4.78, 5) is 65.1. The average molecular weight is 616 g/mol. The highest BCUT2D eigenvalue weighted by molar-refractivity contribution is 6.10. The molecule has 13 heteroatoms. The molecule has 2 aromatic carbocycles. The average Bonchev–Trinajstić information content (AvgIpc) is 3.00. The third kappa shape index (κ3) is 9.56. The maximum absolute atomic E-state index is 15.3. The summed E-state index contributed by atoms with van der Waals surface area (Å²) in [6.45, 7) is 2.99. The van der Waals surface area contributed by atoms with E-state index in [0.29, 0.717) is 30.5 Å². The second-order valence-corrected chi connectivity index (χ2v) is 10.9. The fraction of sp³-hybridized carbons (Fsp3) is 0.452. The molecule has 6 N–H and O–H groups in total. The summed E-state index contributed by atoms with van der Waals surface area (Å²) in [7, 11) is 0. The molecule has 0 spiro atoms. The molecule has 0 radical (unpaired) electrons. The van der Waals surface area contributed by atoms with Crippen LogP contribution in [0.2, 0.25) is 0 Å². The number of unbranched alkanes of at least 4 members (excludes halogenated alkanes) is 1. The monoisotopic (exact) mass is 615 g/mol. The summed E-state index contributed by atoms with van der Waals surface area (Å²) in [5.41, 5.74) is 6.49. The highest BCUT2D eigenvalue weighted by atomic mass is 19.3. The van der Waals surface area contributed by atoms with E-state index in [1.807, 2.05) is 0 Å². The van der Waals surface area contributed by atoms with Gasteiger partial charge in [0.1, 0.15) is 17.8 Å². The molecule has 0 saturated carbocycles. The third-order valence-electron chi connectivity index (χ3n) is 7.10. The van der Waals surface area contributed by atoms with Crippen LogP contribution in [-0.2, 0) is 36.9 Å². The number of carbonyl (C=O) groups excluding carboxylic acids is 5. The Bertz CT molecular complexity index is 1310. The van der Waals surface area contributed by atoms with Gasteiger partial charge in [-0.3, -0.25) is 24.0 Å². The zero-order chi connectivity index (χ0) is 32.3. The third-order valence-corrected chi connectivity index (χ3v) is 7.10. The molecule has 3 atom stereocenters. The largest absolute Gasteiger partial charge is 0.484 e. The minimum absolute atomic E-state index is 0.224. The Morgan fingerprint density at radius 2 is 1.66 bits per heavy atom. The molecule has 0 saturated heterocycles. The number of amides is 4. The van der Waals surface area contributed by atoms with Crippen molar-refractivity contribution >= 4 is 29.4 Å². The number of fused-ring (bicyclic) bond motifs is 13. The van der Waals surface area contributed by atoms with Gasteiger partial charge in [-0.15, -0.1) is 0 Å². The number of nitrogens with one attached hydrogen (secondary N) is 4. The van der Waals surface area contributed by atoms with Gasteiger partial charge in [0.15, 0.2) is 6.61 Å². The number of Topliss-reactive ketones (excluding diaryl/α,β-unsaturated/α-hetero) is 1. The van der Waals surface area contributed by atoms with Crippen molar-refractivity contribution in [2.24, 2.45) is 11.7 Å². The van der Waals surface area contributed by atoms with Crippen molar-refractivity contribution in [2.75, 3.05) is 13.2 Å². The number of ketones is 1. The van der Waals surface area contributed by atoms with E-state index in [4.69, 9.17) is 10.5 Å². The first-order valence-electron chi connectivity index (χ1n) is 14.5. The molecule has 2 heterocycles. The van der Waals surface area contributed by atoms with Gasteiger partial charge in [-0.25, -0.2) is 0 Å². The lowest BCUT2D eigenvalue weighted by molar-refractivity contribution is -0.160. The van der Waals surface area contributed by atoms with E-state index in [2.05, 4.69) is 21.3 Å². The van der Waals surface area contributed by atoms with E-state index in [1.54, 1.807) is 44.2 Å². The van der Waals surface area contributed by atoms with Crippen LogP contribution in [0.3, 0.4) is 0 Å². The van der Waals surface area contributed by atoms with Gasteiger partial charge < -0.3 is 31.7 Å². The Morgan fingerprint density at radius 1 is 0.977 bits per heavy atom. The van der Waals surface area contributed by atoms with Crippen molar-refractivity contribution in [3.63, 3.8) is 0 Å². The molecule has 2 bridgehead atoms. The van der Waals surface area contributed by atoms with Gasteiger partial charge in [0.05, 0.1) is 6.04 Å². The fourth-order valence-corrected chi connectivity index (χ4v) is 4.58. The molecule has 0 fully saturated rings.